The molecule has 6 heteroatoms. The van der Waals surface area contributed by atoms with E-state index in [4.69, 9.17) is 16.0 Å². The molecule has 0 bridgehead atoms. The first-order chi connectivity index (χ1) is 12.7. The van der Waals surface area contributed by atoms with Crippen LogP contribution >= 0.6 is 11.6 Å². The Morgan fingerprint density at radius 1 is 1.27 bits per heavy atom. The molecule has 2 aromatic rings. The van der Waals surface area contributed by atoms with E-state index in [1.165, 1.54) is 6.42 Å². The van der Waals surface area contributed by atoms with Gasteiger partial charge in [-0.15, -0.1) is 0 Å². The smallest absolute Gasteiger partial charge is 0.223 e. The number of carbonyl (C=O) groups excluding carboxylic acids is 1. The third-order valence-corrected chi connectivity index (χ3v) is 6.08. The molecule has 0 unspecified atom stereocenters. The first-order valence-corrected chi connectivity index (χ1v) is 9.71. The predicted molar refractivity (Wildman–Crippen MR) is 101 cm³/mol. The number of oxazole rings is 1. The Morgan fingerprint density at radius 2 is 2.08 bits per heavy atom. The molecule has 1 aromatic carbocycles. The standard InChI is InChI=1S/C20H24ClN3O2/c21-16-4-2-1-3-15(16)17-13-23-18(26-17)5-6-19(25)24-11-8-20(9-12-24)7-10-22-14-20/h1-4,13,22H,5-12,14H2. The van der Waals surface area contributed by atoms with Crippen LogP contribution in [0.1, 0.15) is 31.6 Å². The molecule has 0 aliphatic carbocycles. The lowest BCUT2D eigenvalue weighted by Gasteiger charge is -2.38. The second-order valence-electron chi connectivity index (χ2n) is 7.41. The van der Waals surface area contributed by atoms with Crippen molar-refractivity contribution in [3.8, 4) is 11.3 Å². The molecule has 1 spiro atoms. The first-order valence-electron chi connectivity index (χ1n) is 9.33. The summed E-state index contributed by atoms with van der Waals surface area (Å²) in [5.74, 6) is 1.43. The van der Waals surface area contributed by atoms with Crippen LogP contribution in [0.5, 0.6) is 0 Å². The fourth-order valence-electron chi connectivity index (χ4n) is 4.04. The number of aromatic nitrogens is 1. The molecule has 3 heterocycles. The summed E-state index contributed by atoms with van der Waals surface area (Å²) >= 11 is 6.20. The van der Waals surface area contributed by atoms with Crippen LogP contribution in [0.4, 0.5) is 0 Å². The SMILES string of the molecule is O=C(CCc1ncc(-c2ccccc2Cl)o1)N1CCC2(CCNC2)CC1. The number of halogens is 1. The summed E-state index contributed by atoms with van der Waals surface area (Å²) in [5.41, 5.74) is 1.26. The van der Waals surface area contributed by atoms with E-state index in [9.17, 15) is 4.79 Å². The number of nitrogens with zero attached hydrogens (tertiary/aromatic N) is 2. The summed E-state index contributed by atoms with van der Waals surface area (Å²) in [6.45, 7) is 3.97. The van der Waals surface area contributed by atoms with Crippen molar-refractivity contribution in [3.05, 3.63) is 41.4 Å². The van der Waals surface area contributed by atoms with Gasteiger partial charge in [0, 0.05) is 38.0 Å². The Morgan fingerprint density at radius 3 is 2.81 bits per heavy atom. The average molecular weight is 374 g/mol. The van der Waals surface area contributed by atoms with E-state index in [-0.39, 0.29) is 5.91 Å². The first kappa shape index (κ1) is 17.6. The van der Waals surface area contributed by atoms with E-state index >= 15 is 0 Å². The number of benzene rings is 1. The highest BCUT2D eigenvalue weighted by Gasteiger charge is 2.37. The van der Waals surface area contributed by atoms with Gasteiger partial charge in [0.2, 0.25) is 5.91 Å². The molecule has 5 nitrogen and oxygen atoms in total. The summed E-state index contributed by atoms with van der Waals surface area (Å²) in [7, 11) is 0. The third kappa shape index (κ3) is 3.64. The van der Waals surface area contributed by atoms with Crippen LogP contribution in [0.25, 0.3) is 11.3 Å². The minimum atomic E-state index is 0.197. The number of piperidine rings is 1. The number of amides is 1. The second kappa shape index (κ2) is 7.41. The molecule has 0 saturated carbocycles. The Labute approximate surface area is 158 Å². The summed E-state index contributed by atoms with van der Waals surface area (Å²) in [4.78, 5) is 18.8. The van der Waals surface area contributed by atoms with Crippen molar-refractivity contribution in [1.82, 2.24) is 15.2 Å². The molecule has 0 radical (unpaired) electrons. The van der Waals surface area contributed by atoms with E-state index < -0.39 is 0 Å². The van der Waals surface area contributed by atoms with Crippen molar-refractivity contribution in [2.45, 2.75) is 32.1 Å². The molecular weight excluding hydrogens is 350 g/mol. The van der Waals surface area contributed by atoms with Gasteiger partial charge < -0.3 is 14.6 Å². The van der Waals surface area contributed by atoms with Crippen LogP contribution in [-0.2, 0) is 11.2 Å². The van der Waals surface area contributed by atoms with Crippen LogP contribution < -0.4 is 5.32 Å². The summed E-state index contributed by atoms with van der Waals surface area (Å²) in [6.07, 6.45) is 6.11. The number of hydrogen-bond donors (Lipinski definition) is 1. The molecule has 2 aliphatic heterocycles. The van der Waals surface area contributed by atoms with Crippen molar-refractivity contribution < 1.29 is 9.21 Å². The second-order valence-corrected chi connectivity index (χ2v) is 7.81. The van der Waals surface area contributed by atoms with Gasteiger partial charge in [-0.25, -0.2) is 4.98 Å². The van der Waals surface area contributed by atoms with Gasteiger partial charge in [0.15, 0.2) is 11.7 Å². The Balaban J connectivity index is 1.31. The lowest BCUT2D eigenvalue weighted by molar-refractivity contribution is -0.133. The fourth-order valence-corrected chi connectivity index (χ4v) is 4.26. The molecular formula is C20H24ClN3O2. The van der Waals surface area contributed by atoms with Crippen LogP contribution in [-0.4, -0.2) is 42.0 Å². The van der Waals surface area contributed by atoms with Crippen molar-refractivity contribution in [3.63, 3.8) is 0 Å². The van der Waals surface area contributed by atoms with E-state index in [2.05, 4.69) is 10.3 Å². The van der Waals surface area contributed by atoms with Gasteiger partial charge in [0.1, 0.15) is 0 Å². The minimum absolute atomic E-state index is 0.197. The summed E-state index contributed by atoms with van der Waals surface area (Å²) < 4.78 is 5.79. The van der Waals surface area contributed by atoms with E-state index in [0.29, 0.717) is 34.9 Å². The molecule has 138 valence electrons. The van der Waals surface area contributed by atoms with Crippen LogP contribution in [0, 0.1) is 5.41 Å². The highest BCUT2D eigenvalue weighted by Crippen LogP contribution is 2.37. The number of aryl methyl sites for hydroxylation is 1. The van der Waals surface area contributed by atoms with E-state index in [1.807, 2.05) is 29.2 Å². The quantitative estimate of drug-likeness (QED) is 0.890. The zero-order valence-corrected chi connectivity index (χ0v) is 15.6. The topological polar surface area (TPSA) is 58.4 Å². The van der Waals surface area contributed by atoms with Gasteiger partial charge in [-0.1, -0.05) is 23.7 Å². The lowest BCUT2D eigenvalue weighted by Crippen LogP contribution is -2.44. The van der Waals surface area contributed by atoms with Gasteiger partial charge >= 0.3 is 0 Å². The summed E-state index contributed by atoms with van der Waals surface area (Å²) in [5, 5.41) is 4.09. The van der Waals surface area contributed by atoms with Crippen molar-refractivity contribution in [2.24, 2.45) is 5.41 Å². The van der Waals surface area contributed by atoms with Crippen molar-refractivity contribution >= 4 is 17.5 Å². The fraction of sp³-hybridized carbons (Fsp3) is 0.500. The molecule has 26 heavy (non-hydrogen) atoms. The maximum Gasteiger partial charge on any atom is 0.223 e. The van der Waals surface area contributed by atoms with Crippen LogP contribution in [0.15, 0.2) is 34.9 Å². The molecule has 1 amide bonds. The number of carbonyl (C=O) groups is 1. The number of likely N-dealkylation sites (tertiary alicyclic amines) is 1. The minimum Gasteiger partial charge on any atom is -0.441 e. The number of hydrogen-bond acceptors (Lipinski definition) is 4. The highest BCUT2D eigenvalue weighted by molar-refractivity contribution is 6.33. The molecule has 2 aliphatic rings. The summed E-state index contributed by atoms with van der Waals surface area (Å²) in [6, 6.07) is 7.52. The Hall–Kier alpha value is -1.85. The predicted octanol–water partition coefficient (Wildman–Crippen LogP) is 3.53. The van der Waals surface area contributed by atoms with Gasteiger partial charge in [-0.2, -0.15) is 0 Å². The molecule has 0 atom stereocenters. The highest BCUT2D eigenvalue weighted by atomic mass is 35.5. The van der Waals surface area contributed by atoms with Crippen LogP contribution in [0.3, 0.4) is 0 Å². The maximum absolute atomic E-state index is 12.5. The third-order valence-electron chi connectivity index (χ3n) is 5.75. The molecule has 1 N–H and O–H groups in total. The number of rotatable bonds is 4. The molecule has 4 rings (SSSR count). The van der Waals surface area contributed by atoms with Gasteiger partial charge in [-0.3, -0.25) is 4.79 Å². The van der Waals surface area contributed by atoms with E-state index in [0.717, 1.165) is 44.6 Å². The zero-order chi connectivity index (χ0) is 18.0. The van der Waals surface area contributed by atoms with Gasteiger partial charge in [-0.05, 0) is 43.4 Å². The largest absolute Gasteiger partial charge is 0.441 e. The van der Waals surface area contributed by atoms with Gasteiger partial charge in [0.25, 0.3) is 0 Å². The number of nitrogens with one attached hydrogen (secondary N) is 1. The van der Waals surface area contributed by atoms with Crippen molar-refractivity contribution in [2.75, 3.05) is 26.2 Å². The Bertz CT molecular complexity index is 773. The molecule has 2 fully saturated rings. The molecule has 1 aromatic heterocycles. The van der Waals surface area contributed by atoms with Gasteiger partial charge in [0.05, 0.1) is 11.2 Å². The Kier molecular flexibility index (Phi) is 5.00. The average Bonchev–Trinajstić information content (AvgIpc) is 3.31. The van der Waals surface area contributed by atoms with Crippen LogP contribution in [0.2, 0.25) is 5.02 Å². The van der Waals surface area contributed by atoms with E-state index in [1.54, 1.807) is 6.20 Å². The van der Waals surface area contributed by atoms with Crippen molar-refractivity contribution in [1.29, 1.82) is 0 Å². The lowest BCUT2D eigenvalue weighted by atomic mass is 9.78. The monoisotopic (exact) mass is 373 g/mol. The maximum atomic E-state index is 12.5. The normalized spacial score (nSPS) is 19.2. The molecule has 2 saturated heterocycles. The zero-order valence-electron chi connectivity index (χ0n) is 14.8.